The number of anilines is 3. The standard InChI is InChI=1S/C30H31ClN6O3/c1-4-29(38)36-25-15-22-24(16-28(25)39-12-10-19-13-26(19)37(2)3)33-18-34-30(22)35-20-8-9-27(23(31)14-20)40-17-21-7-5-6-11-32-21/h4-9,11,14-16,18-19,26H,1,10,12-13,17H2,2-3H3,(H,36,38)(H,33,34,35). The fourth-order valence-corrected chi connectivity index (χ4v) is 4.78. The number of nitrogens with one attached hydrogen (secondary N) is 2. The number of fused-ring (bicyclic) bond motifs is 1. The molecular formula is C30H31ClN6O3. The summed E-state index contributed by atoms with van der Waals surface area (Å²) in [6.07, 6.45) is 6.54. The average molecular weight is 559 g/mol. The Morgan fingerprint density at radius 3 is 2.73 bits per heavy atom. The molecule has 0 saturated heterocycles. The summed E-state index contributed by atoms with van der Waals surface area (Å²) in [7, 11) is 4.20. The highest BCUT2D eigenvalue weighted by molar-refractivity contribution is 6.32. The molecule has 0 spiro atoms. The summed E-state index contributed by atoms with van der Waals surface area (Å²) in [5, 5.41) is 7.30. The van der Waals surface area contributed by atoms with Crippen LogP contribution in [0.15, 0.2) is 73.7 Å². The van der Waals surface area contributed by atoms with Gasteiger partial charge in [0, 0.05) is 29.4 Å². The van der Waals surface area contributed by atoms with Crippen LogP contribution in [0.3, 0.4) is 0 Å². The molecular weight excluding hydrogens is 528 g/mol. The van der Waals surface area contributed by atoms with Crippen molar-refractivity contribution in [1.29, 1.82) is 0 Å². The van der Waals surface area contributed by atoms with Gasteiger partial charge in [-0.3, -0.25) is 9.78 Å². The van der Waals surface area contributed by atoms with Crippen molar-refractivity contribution in [1.82, 2.24) is 19.9 Å². The topological polar surface area (TPSA) is 102 Å². The van der Waals surface area contributed by atoms with Gasteiger partial charge in [0.2, 0.25) is 5.91 Å². The van der Waals surface area contributed by atoms with Gasteiger partial charge >= 0.3 is 0 Å². The van der Waals surface area contributed by atoms with Gasteiger partial charge in [0.05, 0.1) is 28.5 Å². The molecule has 0 aliphatic heterocycles. The number of rotatable bonds is 12. The summed E-state index contributed by atoms with van der Waals surface area (Å²) in [5.74, 6) is 1.93. The minimum Gasteiger partial charge on any atom is -0.491 e. The van der Waals surface area contributed by atoms with Crippen LogP contribution >= 0.6 is 11.6 Å². The highest BCUT2D eigenvalue weighted by Gasteiger charge is 2.38. The monoisotopic (exact) mass is 558 g/mol. The Labute approximate surface area is 238 Å². The predicted octanol–water partition coefficient (Wildman–Crippen LogP) is 5.84. The van der Waals surface area contributed by atoms with Crippen molar-refractivity contribution < 1.29 is 14.3 Å². The molecule has 0 radical (unpaired) electrons. The smallest absolute Gasteiger partial charge is 0.247 e. The van der Waals surface area contributed by atoms with E-state index in [0.717, 1.165) is 12.1 Å². The maximum atomic E-state index is 12.2. The van der Waals surface area contributed by atoms with Crippen molar-refractivity contribution in [2.45, 2.75) is 25.5 Å². The molecule has 1 saturated carbocycles. The third-order valence-corrected chi connectivity index (χ3v) is 7.07. The van der Waals surface area contributed by atoms with Crippen molar-refractivity contribution >= 4 is 45.6 Å². The molecule has 2 atom stereocenters. The molecule has 2 aromatic carbocycles. The molecule has 2 unspecified atom stereocenters. The van der Waals surface area contributed by atoms with Gasteiger partial charge in [-0.25, -0.2) is 9.97 Å². The first-order valence-corrected chi connectivity index (χ1v) is 13.4. The largest absolute Gasteiger partial charge is 0.491 e. The van der Waals surface area contributed by atoms with E-state index in [0.29, 0.717) is 69.8 Å². The van der Waals surface area contributed by atoms with Gasteiger partial charge in [0.1, 0.15) is 30.3 Å². The van der Waals surface area contributed by atoms with Crippen LogP contribution in [0.25, 0.3) is 10.9 Å². The Balaban J connectivity index is 1.34. The zero-order valence-corrected chi connectivity index (χ0v) is 23.2. The summed E-state index contributed by atoms with van der Waals surface area (Å²) >= 11 is 6.51. The highest BCUT2D eigenvalue weighted by Crippen LogP contribution is 2.38. The number of carbonyl (C=O) groups excluding carboxylic acids is 1. The molecule has 1 aliphatic rings. The van der Waals surface area contributed by atoms with E-state index in [1.807, 2.05) is 30.3 Å². The number of nitrogens with zero attached hydrogens (tertiary/aromatic N) is 4. The molecule has 5 rings (SSSR count). The highest BCUT2D eigenvalue weighted by atomic mass is 35.5. The zero-order chi connectivity index (χ0) is 28.1. The van der Waals surface area contributed by atoms with E-state index in [1.54, 1.807) is 24.4 Å². The summed E-state index contributed by atoms with van der Waals surface area (Å²) in [5.41, 5.74) is 2.71. The number of ether oxygens (including phenoxy) is 2. The lowest BCUT2D eigenvalue weighted by molar-refractivity contribution is -0.111. The van der Waals surface area contributed by atoms with E-state index >= 15 is 0 Å². The minimum atomic E-state index is -0.335. The fraction of sp³-hybridized carbons (Fsp3) is 0.267. The number of carbonyl (C=O) groups is 1. The Hall–Kier alpha value is -4.21. The second-order valence-electron chi connectivity index (χ2n) is 9.82. The molecule has 4 aromatic rings. The molecule has 10 heteroatoms. The summed E-state index contributed by atoms with van der Waals surface area (Å²) in [4.78, 5) is 27.6. The van der Waals surface area contributed by atoms with Crippen LogP contribution in [0.2, 0.25) is 5.02 Å². The van der Waals surface area contributed by atoms with E-state index in [4.69, 9.17) is 21.1 Å². The Morgan fingerprint density at radius 1 is 1.12 bits per heavy atom. The SMILES string of the molecule is C=CC(=O)Nc1cc2c(Nc3ccc(OCc4ccccn4)c(Cl)c3)ncnc2cc1OCCC1CC1N(C)C. The summed E-state index contributed by atoms with van der Waals surface area (Å²) < 4.78 is 12.0. The maximum absolute atomic E-state index is 12.2. The van der Waals surface area contributed by atoms with E-state index in [9.17, 15) is 4.79 Å². The molecule has 2 aromatic heterocycles. The lowest BCUT2D eigenvalue weighted by atomic mass is 10.1. The van der Waals surface area contributed by atoms with Gasteiger partial charge in [-0.1, -0.05) is 24.2 Å². The number of aromatic nitrogens is 3. The number of benzene rings is 2. The van der Waals surface area contributed by atoms with Crippen molar-refractivity contribution in [3.63, 3.8) is 0 Å². The van der Waals surface area contributed by atoms with Gasteiger partial charge in [0.15, 0.2) is 0 Å². The van der Waals surface area contributed by atoms with Crippen molar-refractivity contribution in [3.8, 4) is 11.5 Å². The number of halogens is 1. The second kappa shape index (κ2) is 12.3. The van der Waals surface area contributed by atoms with Crippen molar-refractivity contribution in [2.75, 3.05) is 31.3 Å². The normalized spacial score (nSPS) is 16.0. The lowest BCUT2D eigenvalue weighted by Crippen LogP contribution is -2.16. The van der Waals surface area contributed by atoms with E-state index in [1.165, 1.54) is 18.8 Å². The Morgan fingerprint density at radius 2 is 2.00 bits per heavy atom. The molecule has 0 bridgehead atoms. The van der Waals surface area contributed by atoms with Crippen LogP contribution < -0.4 is 20.1 Å². The van der Waals surface area contributed by atoms with Crippen LogP contribution in [-0.2, 0) is 11.4 Å². The molecule has 2 N–H and O–H groups in total. The molecule has 206 valence electrons. The van der Waals surface area contributed by atoms with Gasteiger partial charge in [-0.15, -0.1) is 0 Å². The fourth-order valence-electron chi connectivity index (χ4n) is 4.55. The van der Waals surface area contributed by atoms with Crippen LogP contribution in [0.1, 0.15) is 18.5 Å². The average Bonchev–Trinajstić information content (AvgIpc) is 3.74. The second-order valence-corrected chi connectivity index (χ2v) is 10.2. The first-order valence-electron chi connectivity index (χ1n) is 13.0. The first-order chi connectivity index (χ1) is 19.4. The third-order valence-electron chi connectivity index (χ3n) is 6.77. The van der Waals surface area contributed by atoms with Crippen molar-refractivity contribution in [3.05, 3.63) is 84.4 Å². The summed E-state index contributed by atoms with van der Waals surface area (Å²) in [6.45, 7) is 4.42. The van der Waals surface area contributed by atoms with E-state index in [-0.39, 0.29) is 5.91 Å². The van der Waals surface area contributed by atoms with Gasteiger partial charge in [0.25, 0.3) is 0 Å². The minimum absolute atomic E-state index is 0.310. The van der Waals surface area contributed by atoms with Gasteiger partial charge in [-0.2, -0.15) is 0 Å². The third kappa shape index (κ3) is 6.67. The Kier molecular flexibility index (Phi) is 8.42. The van der Waals surface area contributed by atoms with Crippen LogP contribution in [0, 0.1) is 5.92 Å². The van der Waals surface area contributed by atoms with Crippen LogP contribution in [0.5, 0.6) is 11.5 Å². The van der Waals surface area contributed by atoms with Gasteiger partial charge in [-0.05, 0) is 75.3 Å². The van der Waals surface area contributed by atoms with Gasteiger partial charge < -0.3 is 25.0 Å². The number of hydrogen-bond acceptors (Lipinski definition) is 8. The molecule has 1 amide bonds. The van der Waals surface area contributed by atoms with E-state index in [2.05, 4.69) is 51.2 Å². The zero-order valence-electron chi connectivity index (χ0n) is 22.4. The molecule has 9 nitrogen and oxygen atoms in total. The number of amides is 1. The Bertz CT molecular complexity index is 1510. The molecule has 40 heavy (non-hydrogen) atoms. The van der Waals surface area contributed by atoms with Crippen LogP contribution in [-0.4, -0.2) is 52.5 Å². The maximum Gasteiger partial charge on any atom is 0.247 e. The molecule has 2 heterocycles. The van der Waals surface area contributed by atoms with Crippen LogP contribution in [0.4, 0.5) is 17.2 Å². The quantitative estimate of drug-likeness (QED) is 0.209. The first kappa shape index (κ1) is 27.4. The molecule has 1 fully saturated rings. The summed E-state index contributed by atoms with van der Waals surface area (Å²) in [6, 6.07) is 15.3. The number of hydrogen-bond donors (Lipinski definition) is 2. The van der Waals surface area contributed by atoms with E-state index < -0.39 is 0 Å². The molecule has 1 aliphatic carbocycles. The predicted molar refractivity (Wildman–Crippen MR) is 157 cm³/mol. The lowest BCUT2D eigenvalue weighted by Gasteiger charge is -2.16. The number of pyridine rings is 1. The van der Waals surface area contributed by atoms with Crippen molar-refractivity contribution in [2.24, 2.45) is 5.92 Å².